The summed E-state index contributed by atoms with van der Waals surface area (Å²) < 4.78 is 46.3. The fraction of sp³-hybridized carbons (Fsp3) is 0.227. The molecule has 1 aromatic heterocycles. The van der Waals surface area contributed by atoms with E-state index in [1.165, 1.54) is 12.1 Å². The summed E-state index contributed by atoms with van der Waals surface area (Å²) in [7, 11) is 0. The molecule has 0 saturated carbocycles. The lowest BCUT2D eigenvalue weighted by Crippen LogP contribution is -2.29. The summed E-state index contributed by atoms with van der Waals surface area (Å²) in [6.07, 6.45) is -3.16. The Labute approximate surface area is 191 Å². The molecule has 0 saturated heterocycles. The van der Waals surface area contributed by atoms with E-state index in [1.54, 1.807) is 36.5 Å². The van der Waals surface area contributed by atoms with Crippen LogP contribution in [-0.4, -0.2) is 23.0 Å². The number of aliphatic hydroxyl groups is 1. The molecule has 1 N–H and O–H groups in total. The van der Waals surface area contributed by atoms with Crippen LogP contribution in [0.5, 0.6) is 5.75 Å². The molecule has 0 amide bonds. The van der Waals surface area contributed by atoms with Gasteiger partial charge in [0.1, 0.15) is 5.75 Å². The van der Waals surface area contributed by atoms with Crippen molar-refractivity contribution in [3.05, 3.63) is 76.5 Å². The van der Waals surface area contributed by atoms with Gasteiger partial charge in [0.25, 0.3) is 0 Å². The highest BCUT2D eigenvalue weighted by atomic mass is 79.9. The van der Waals surface area contributed by atoms with E-state index in [0.29, 0.717) is 28.9 Å². The molecule has 0 unspecified atom stereocenters. The number of hydrogen-bond acceptors (Lipinski definition) is 5. The van der Waals surface area contributed by atoms with Crippen LogP contribution in [0.15, 0.2) is 65.3 Å². The number of nitrogens with zero attached hydrogens (tertiary/aromatic N) is 2. The number of halogens is 4. The predicted octanol–water partition coefficient (Wildman–Crippen LogP) is 5.97. The van der Waals surface area contributed by atoms with Crippen LogP contribution in [0.4, 0.5) is 18.9 Å². The van der Waals surface area contributed by atoms with Gasteiger partial charge in [-0.3, -0.25) is 4.98 Å². The van der Waals surface area contributed by atoms with Gasteiger partial charge in [-0.25, -0.2) is 4.31 Å². The molecule has 2 heterocycles. The zero-order valence-corrected chi connectivity index (χ0v) is 18.5. The van der Waals surface area contributed by atoms with E-state index < -0.39 is 12.4 Å². The number of aliphatic hydroxyl groups excluding tert-OH is 1. The molecule has 2 atom stereocenters. The lowest BCUT2D eigenvalue weighted by Gasteiger charge is -2.31. The standard InChI is InChI=1S/C22H18BrF3N2O2S/c23-15-6-7-16(27-11-15)9-14-12-30-20-10-13(5-8-18(20)21(14)29)17-3-1-2-4-19(17)28(31)22(24,25)26/h1-8,10-11,14,21,29,31H,9,12H2/t14-,21-/m0/s1. The monoisotopic (exact) mass is 510 g/mol. The lowest BCUT2D eigenvalue weighted by atomic mass is 9.88. The van der Waals surface area contributed by atoms with Crippen molar-refractivity contribution in [2.24, 2.45) is 5.92 Å². The van der Waals surface area contributed by atoms with Gasteiger partial charge in [0, 0.05) is 33.4 Å². The predicted molar refractivity (Wildman–Crippen MR) is 119 cm³/mol. The molecule has 0 bridgehead atoms. The Hall–Kier alpha value is -2.23. The van der Waals surface area contributed by atoms with Gasteiger partial charge in [0.05, 0.1) is 18.4 Å². The zero-order valence-electron chi connectivity index (χ0n) is 16.1. The molecule has 162 valence electrons. The summed E-state index contributed by atoms with van der Waals surface area (Å²) >= 11 is 6.97. The van der Waals surface area contributed by atoms with Crippen LogP contribution in [0.3, 0.4) is 0 Å². The number of para-hydroxylation sites is 1. The Kier molecular flexibility index (Phi) is 6.18. The van der Waals surface area contributed by atoms with Gasteiger partial charge < -0.3 is 9.84 Å². The van der Waals surface area contributed by atoms with Crippen LogP contribution in [0.25, 0.3) is 11.1 Å². The molecule has 1 aliphatic rings. The third-order valence-corrected chi connectivity index (χ3v) is 6.09. The molecule has 0 aliphatic carbocycles. The molecule has 1 aliphatic heterocycles. The van der Waals surface area contributed by atoms with Gasteiger partial charge in [-0.2, -0.15) is 0 Å². The van der Waals surface area contributed by atoms with Crippen molar-refractivity contribution >= 4 is 34.4 Å². The fourth-order valence-corrected chi connectivity index (χ4v) is 4.03. The summed E-state index contributed by atoms with van der Waals surface area (Å²) in [6, 6.07) is 14.9. The average molecular weight is 511 g/mol. The van der Waals surface area contributed by atoms with Gasteiger partial charge in [-0.15, -0.1) is 13.2 Å². The van der Waals surface area contributed by atoms with Crippen LogP contribution in [-0.2, 0) is 6.42 Å². The first-order chi connectivity index (χ1) is 14.7. The number of ether oxygens (including phenoxy) is 1. The molecule has 3 aromatic rings. The number of hydrogen-bond donors (Lipinski definition) is 2. The van der Waals surface area contributed by atoms with Crippen LogP contribution in [0.1, 0.15) is 17.4 Å². The first kappa shape index (κ1) is 22.0. The zero-order chi connectivity index (χ0) is 22.2. The SMILES string of the molecule is O[C@@H]1c2ccc(-c3ccccc3N(S)C(F)(F)F)cc2OC[C@@H]1Cc1ccc(Br)cn1. The second kappa shape index (κ2) is 8.72. The third-order valence-electron chi connectivity index (χ3n) is 5.18. The number of alkyl halides is 3. The number of pyridine rings is 1. The quantitative estimate of drug-likeness (QED) is 0.335. The smallest absolute Gasteiger partial charge is 0.493 e. The van der Waals surface area contributed by atoms with Gasteiger partial charge in [0.2, 0.25) is 0 Å². The topological polar surface area (TPSA) is 45.6 Å². The van der Waals surface area contributed by atoms with Crippen molar-refractivity contribution in [2.75, 3.05) is 10.9 Å². The van der Waals surface area contributed by atoms with E-state index in [9.17, 15) is 18.3 Å². The van der Waals surface area contributed by atoms with E-state index in [0.717, 1.165) is 10.2 Å². The maximum atomic E-state index is 13.2. The summed E-state index contributed by atoms with van der Waals surface area (Å²) in [4.78, 5) is 4.35. The number of aromatic nitrogens is 1. The highest BCUT2D eigenvalue weighted by molar-refractivity contribution is 9.10. The van der Waals surface area contributed by atoms with Gasteiger partial charge in [-0.05, 0) is 52.2 Å². The molecular weight excluding hydrogens is 493 g/mol. The van der Waals surface area contributed by atoms with Gasteiger partial charge in [0.15, 0.2) is 0 Å². The van der Waals surface area contributed by atoms with E-state index in [-0.39, 0.29) is 22.5 Å². The van der Waals surface area contributed by atoms with E-state index >= 15 is 0 Å². The van der Waals surface area contributed by atoms with Crippen molar-refractivity contribution in [3.8, 4) is 16.9 Å². The van der Waals surface area contributed by atoms with Crippen LogP contribution in [0.2, 0.25) is 0 Å². The number of benzene rings is 2. The second-order valence-electron chi connectivity index (χ2n) is 7.24. The summed E-state index contributed by atoms with van der Waals surface area (Å²) in [5.74, 6) is 0.273. The minimum atomic E-state index is -4.63. The Balaban J connectivity index is 1.61. The van der Waals surface area contributed by atoms with Crippen molar-refractivity contribution in [2.45, 2.75) is 18.8 Å². The van der Waals surface area contributed by atoms with Crippen molar-refractivity contribution in [3.63, 3.8) is 0 Å². The van der Waals surface area contributed by atoms with Crippen LogP contribution >= 0.6 is 28.7 Å². The number of rotatable bonds is 4. The van der Waals surface area contributed by atoms with Crippen LogP contribution < -0.4 is 9.04 Å². The molecule has 0 fully saturated rings. The maximum Gasteiger partial charge on any atom is 0.494 e. The van der Waals surface area contributed by atoms with Gasteiger partial charge in [-0.1, -0.05) is 43.1 Å². The maximum absolute atomic E-state index is 13.2. The highest BCUT2D eigenvalue weighted by Crippen LogP contribution is 2.42. The van der Waals surface area contributed by atoms with Gasteiger partial charge >= 0.3 is 6.30 Å². The number of anilines is 1. The molecule has 31 heavy (non-hydrogen) atoms. The van der Waals surface area contributed by atoms with E-state index in [1.807, 2.05) is 12.1 Å². The van der Waals surface area contributed by atoms with Crippen molar-refractivity contribution in [1.29, 1.82) is 0 Å². The van der Waals surface area contributed by atoms with Crippen molar-refractivity contribution in [1.82, 2.24) is 4.98 Å². The fourth-order valence-electron chi connectivity index (χ4n) is 3.62. The first-order valence-corrected chi connectivity index (χ1v) is 10.6. The molecule has 9 heteroatoms. The summed E-state index contributed by atoms with van der Waals surface area (Å²) in [5.41, 5.74) is 2.25. The molecule has 0 spiro atoms. The van der Waals surface area contributed by atoms with E-state index in [4.69, 9.17) is 4.74 Å². The Morgan fingerprint density at radius 2 is 1.94 bits per heavy atom. The molecule has 4 rings (SSSR count). The first-order valence-electron chi connectivity index (χ1n) is 9.44. The Morgan fingerprint density at radius 3 is 2.65 bits per heavy atom. The highest BCUT2D eigenvalue weighted by Gasteiger charge is 2.37. The Bertz CT molecular complexity index is 1080. The second-order valence-corrected chi connectivity index (χ2v) is 8.55. The normalized spacial score (nSPS) is 18.3. The molecule has 4 nitrogen and oxygen atoms in total. The summed E-state index contributed by atoms with van der Waals surface area (Å²) in [5, 5.41) is 10.9. The molecule has 0 radical (unpaired) electrons. The summed E-state index contributed by atoms with van der Waals surface area (Å²) in [6.45, 7) is 0.276. The Morgan fingerprint density at radius 1 is 1.16 bits per heavy atom. The molecular formula is C22H18BrF3N2O2S. The van der Waals surface area contributed by atoms with Crippen LogP contribution in [0, 0.1) is 5.92 Å². The minimum Gasteiger partial charge on any atom is -0.493 e. The van der Waals surface area contributed by atoms with E-state index in [2.05, 4.69) is 33.7 Å². The average Bonchev–Trinajstić information content (AvgIpc) is 2.76. The lowest BCUT2D eigenvalue weighted by molar-refractivity contribution is -0.113. The minimum absolute atomic E-state index is 0.0151. The third kappa shape index (κ3) is 4.68. The number of thiol groups is 1. The van der Waals surface area contributed by atoms with Crippen molar-refractivity contribution < 1.29 is 23.0 Å². The number of fused-ring (bicyclic) bond motifs is 1. The largest absolute Gasteiger partial charge is 0.494 e. The molecule has 2 aromatic carbocycles.